The SMILES string of the molecule is O=C(O)CCS(=O)(=O)N1CCN(c2ccccc2F)CC1. The van der Waals surface area contributed by atoms with Crippen molar-refractivity contribution >= 4 is 21.7 Å². The van der Waals surface area contributed by atoms with Crippen LogP contribution < -0.4 is 4.90 Å². The second-order valence-electron chi connectivity index (χ2n) is 4.80. The number of piperazine rings is 1. The smallest absolute Gasteiger partial charge is 0.304 e. The predicted octanol–water partition coefficient (Wildman–Crippen LogP) is 0.752. The van der Waals surface area contributed by atoms with Crippen molar-refractivity contribution in [1.82, 2.24) is 4.31 Å². The molecule has 1 aliphatic heterocycles. The van der Waals surface area contributed by atoms with Gasteiger partial charge in [-0.05, 0) is 12.1 Å². The first-order valence-corrected chi connectivity index (χ1v) is 8.20. The third kappa shape index (κ3) is 3.92. The summed E-state index contributed by atoms with van der Waals surface area (Å²) in [6.45, 7) is 1.23. The fraction of sp³-hybridized carbons (Fsp3) is 0.462. The van der Waals surface area contributed by atoms with Crippen LogP contribution in [0.3, 0.4) is 0 Å². The van der Waals surface area contributed by atoms with Gasteiger partial charge in [0.05, 0.1) is 17.9 Å². The molecule has 2 rings (SSSR count). The Morgan fingerprint density at radius 2 is 1.81 bits per heavy atom. The van der Waals surface area contributed by atoms with Gasteiger partial charge in [0.1, 0.15) is 5.82 Å². The van der Waals surface area contributed by atoms with Gasteiger partial charge in [-0.1, -0.05) is 12.1 Å². The van der Waals surface area contributed by atoms with Crippen molar-refractivity contribution < 1.29 is 22.7 Å². The molecule has 0 bridgehead atoms. The highest BCUT2D eigenvalue weighted by Gasteiger charge is 2.28. The maximum Gasteiger partial charge on any atom is 0.304 e. The van der Waals surface area contributed by atoms with Gasteiger partial charge in [0, 0.05) is 26.2 Å². The summed E-state index contributed by atoms with van der Waals surface area (Å²) in [5, 5.41) is 8.56. The van der Waals surface area contributed by atoms with Crippen LogP contribution in [-0.4, -0.2) is 55.7 Å². The molecule has 1 aromatic carbocycles. The van der Waals surface area contributed by atoms with Gasteiger partial charge < -0.3 is 10.0 Å². The molecule has 0 aliphatic carbocycles. The largest absolute Gasteiger partial charge is 0.481 e. The van der Waals surface area contributed by atoms with Crippen molar-refractivity contribution in [2.24, 2.45) is 0 Å². The molecule has 0 spiro atoms. The van der Waals surface area contributed by atoms with E-state index < -0.39 is 28.2 Å². The Kier molecular flexibility index (Phi) is 4.79. The number of nitrogens with zero attached hydrogens (tertiary/aromatic N) is 2. The van der Waals surface area contributed by atoms with Gasteiger partial charge in [-0.15, -0.1) is 0 Å². The molecule has 1 fully saturated rings. The third-order valence-corrected chi connectivity index (χ3v) is 5.27. The molecule has 1 aromatic rings. The van der Waals surface area contributed by atoms with Gasteiger partial charge in [-0.25, -0.2) is 12.8 Å². The van der Waals surface area contributed by atoms with E-state index in [0.717, 1.165) is 0 Å². The van der Waals surface area contributed by atoms with Crippen molar-refractivity contribution in [2.45, 2.75) is 6.42 Å². The van der Waals surface area contributed by atoms with Gasteiger partial charge in [-0.2, -0.15) is 4.31 Å². The van der Waals surface area contributed by atoms with Crippen LogP contribution in [0.4, 0.5) is 10.1 Å². The van der Waals surface area contributed by atoms with E-state index in [-0.39, 0.29) is 18.9 Å². The van der Waals surface area contributed by atoms with E-state index in [0.29, 0.717) is 18.8 Å². The van der Waals surface area contributed by atoms with Crippen LogP contribution in [0.2, 0.25) is 0 Å². The summed E-state index contributed by atoms with van der Waals surface area (Å²) in [5.74, 6) is -1.87. The minimum absolute atomic E-state index is 0.232. The molecule has 0 radical (unpaired) electrons. The van der Waals surface area contributed by atoms with Crippen LogP contribution in [0.5, 0.6) is 0 Å². The van der Waals surface area contributed by atoms with Gasteiger partial charge in [0.15, 0.2) is 0 Å². The molecular formula is C13H17FN2O4S. The first-order valence-electron chi connectivity index (χ1n) is 6.59. The van der Waals surface area contributed by atoms with Crippen LogP contribution in [0.1, 0.15) is 6.42 Å². The fourth-order valence-corrected chi connectivity index (χ4v) is 3.67. The summed E-state index contributed by atoms with van der Waals surface area (Å²) in [4.78, 5) is 12.3. The predicted molar refractivity (Wildman–Crippen MR) is 76.2 cm³/mol. The molecule has 1 aliphatic rings. The number of anilines is 1. The molecule has 0 saturated carbocycles. The molecule has 0 atom stereocenters. The maximum absolute atomic E-state index is 13.7. The number of hydrogen-bond donors (Lipinski definition) is 1. The zero-order valence-electron chi connectivity index (χ0n) is 11.4. The summed E-state index contributed by atoms with van der Waals surface area (Å²) in [5.41, 5.74) is 0.458. The zero-order valence-corrected chi connectivity index (χ0v) is 12.2. The number of hydrogen-bond acceptors (Lipinski definition) is 4. The Hall–Kier alpha value is -1.67. The van der Waals surface area contributed by atoms with Crippen molar-refractivity contribution in [3.8, 4) is 0 Å². The van der Waals surface area contributed by atoms with Crippen molar-refractivity contribution in [3.63, 3.8) is 0 Å². The zero-order chi connectivity index (χ0) is 15.5. The van der Waals surface area contributed by atoms with Crippen molar-refractivity contribution in [3.05, 3.63) is 30.1 Å². The second-order valence-corrected chi connectivity index (χ2v) is 6.89. The molecule has 6 nitrogen and oxygen atoms in total. The topological polar surface area (TPSA) is 77.9 Å². The van der Waals surface area contributed by atoms with Gasteiger partial charge in [-0.3, -0.25) is 4.79 Å². The number of carboxylic acid groups (broad SMARTS) is 1. The summed E-state index contributed by atoms with van der Waals surface area (Å²) >= 11 is 0. The van der Waals surface area contributed by atoms with Crippen LogP contribution >= 0.6 is 0 Å². The number of carbonyl (C=O) groups is 1. The Labute approximate surface area is 122 Å². The molecule has 1 heterocycles. The Morgan fingerprint density at radius 3 is 2.38 bits per heavy atom. The lowest BCUT2D eigenvalue weighted by Crippen LogP contribution is -2.49. The van der Waals surface area contributed by atoms with Gasteiger partial charge in [0.25, 0.3) is 0 Å². The van der Waals surface area contributed by atoms with Crippen LogP contribution in [0.25, 0.3) is 0 Å². The lowest BCUT2D eigenvalue weighted by Gasteiger charge is -2.35. The van der Waals surface area contributed by atoms with Gasteiger partial charge >= 0.3 is 5.97 Å². The summed E-state index contributed by atoms with van der Waals surface area (Å²) in [7, 11) is -3.56. The minimum atomic E-state index is -3.56. The summed E-state index contributed by atoms with van der Waals surface area (Å²) < 4.78 is 38.9. The number of sulfonamides is 1. The molecule has 1 N–H and O–H groups in total. The quantitative estimate of drug-likeness (QED) is 0.867. The van der Waals surface area contributed by atoms with E-state index in [2.05, 4.69) is 0 Å². The lowest BCUT2D eigenvalue weighted by atomic mass is 10.2. The first-order chi connectivity index (χ1) is 9.90. The molecule has 8 heteroatoms. The molecule has 0 aromatic heterocycles. The third-order valence-electron chi connectivity index (χ3n) is 3.40. The maximum atomic E-state index is 13.7. The molecule has 116 valence electrons. The van der Waals surface area contributed by atoms with E-state index in [9.17, 15) is 17.6 Å². The Morgan fingerprint density at radius 1 is 1.19 bits per heavy atom. The van der Waals surface area contributed by atoms with Crippen LogP contribution in [0, 0.1) is 5.82 Å². The summed E-state index contributed by atoms with van der Waals surface area (Å²) in [6.07, 6.45) is -0.407. The number of halogens is 1. The monoisotopic (exact) mass is 316 g/mol. The Bertz CT molecular complexity index is 612. The standard InChI is InChI=1S/C13H17FN2O4S/c14-11-3-1-2-4-12(11)15-6-8-16(9-7-15)21(19,20)10-5-13(17)18/h1-4H,5-10H2,(H,17,18). The number of carboxylic acids is 1. The van der Waals surface area contributed by atoms with E-state index in [1.807, 2.05) is 0 Å². The van der Waals surface area contributed by atoms with E-state index in [4.69, 9.17) is 5.11 Å². The lowest BCUT2D eigenvalue weighted by molar-refractivity contribution is -0.136. The highest BCUT2D eigenvalue weighted by atomic mass is 32.2. The molecule has 0 amide bonds. The average molecular weight is 316 g/mol. The van der Waals surface area contributed by atoms with E-state index >= 15 is 0 Å². The first kappa shape index (κ1) is 15.7. The number of rotatable bonds is 5. The normalized spacial score (nSPS) is 16.9. The number of para-hydroxylation sites is 1. The fourth-order valence-electron chi connectivity index (χ4n) is 2.26. The van der Waals surface area contributed by atoms with E-state index in [1.54, 1.807) is 23.1 Å². The van der Waals surface area contributed by atoms with Gasteiger partial charge in [0.2, 0.25) is 10.0 Å². The molecule has 0 unspecified atom stereocenters. The second kappa shape index (κ2) is 6.40. The molecule has 1 saturated heterocycles. The highest BCUT2D eigenvalue weighted by Crippen LogP contribution is 2.21. The van der Waals surface area contributed by atoms with Crippen LogP contribution in [0.15, 0.2) is 24.3 Å². The molecular weight excluding hydrogens is 299 g/mol. The number of benzene rings is 1. The average Bonchev–Trinajstić information content (AvgIpc) is 2.46. The van der Waals surface area contributed by atoms with Crippen LogP contribution in [-0.2, 0) is 14.8 Å². The highest BCUT2D eigenvalue weighted by molar-refractivity contribution is 7.89. The van der Waals surface area contributed by atoms with Crippen molar-refractivity contribution in [1.29, 1.82) is 0 Å². The molecule has 21 heavy (non-hydrogen) atoms. The number of aliphatic carboxylic acids is 1. The minimum Gasteiger partial charge on any atom is -0.481 e. The van der Waals surface area contributed by atoms with Crippen molar-refractivity contribution in [2.75, 3.05) is 36.8 Å². The summed E-state index contributed by atoms with van der Waals surface area (Å²) in [6, 6.07) is 6.36. The Balaban J connectivity index is 1.97. The van der Waals surface area contributed by atoms with E-state index in [1.165, 1.54) is 10.4 Å².